The maximum atomic E-state index is 14.7. The van der Waals surface area contributed by atoms with Crippen molar-refractivity contribution < 1.29 is 26.7 Å². The number of amides is 1. The Morgan fingerprint density at radius 3 is 2.49 bits per heavy atom. The van der Waals surface area contributed by atoms with Crippen molar-refractivity contribution in [1.29, 1.82) is 0 Å². The number of alkyl halides is 3. The van der Waals surface area contributed by atoms with E-state index in [2.05, 4.69) is 10.3 Å². The summed E-state index contributed by atoms with van der Waals surface area (Å²) >= 11 is 7.94. The van der Waals surface area contributed by atoms with Gasteiger partial charge in [0.05, 0.1) is 17.3 Å². The van der Waals surface area contributed by atoms with Crippen LogP contribution in [0.4, 0.5) is 22.0 Å². The standard InChI is InChI=1S/C25H24ClF5N4OS/c1-32-23(36)20(15-6-4-3-5-7-15)34-12-13-35-21(22(26)33-24(35)37-2)17(34)11-9-14-8-10-16(25(29,30)31)19(28)18(14)27/h3-8,10,17,20H,9,11-13H2,1-2H3,(H,32,36)/t17?,20-/m1/s1. The highest BCUT2D eigenvalue weighted by Gasteiger charge is 2.40. The van der Waals surface area contributed by atoms with E-state index in [4.69, 9.17) is 11.6 Å². The van der Waals surface area contributed by atoms with Crippen LogP contribution in [0.15, 0.2) is 47.6 Å². The number of likely N-dealkylation sites (N-methyl/N-ethyl adjacent to an activating group) is 1. The van der Waals surface area contributed by atoms with Gasteiger partial charge in [0.15, 0.2) is 21.9 Å². The molecule has 198 valence electrons. The summed E-state index contributed by atoms with van der Waals surface area (Å²) in [6.45, 7) is 0.917. The molecule has 12 heteroatoms. The second-order valence-corrected chi connectivity index (χ2v) is 9.68. The fraction of sp³-hybridized carbons (Fsp3) is 0.360. The van der Waals surface area contributed by atoms with E-state index in [0.717, 1.165) is 11.6 Å². The molecule has 0 radical (unpaired) electrons. The number of rotatable bonds is 7. The third-order valence-corrected chi connectivity index (χ3v) is 7.46. The number of nitrogens with zero attached hydrogens (tertiary/aromatic N) is 3. The molecule has 1 aliphatic rings. The molecular weight excluding hydrogens is 535 g/mol. The van der Waals surface area contributed by atoms with Crippen molar-refractivity contribution in [3.63, 3.8) is 0 Å². The van der Waals surface area contributed by atoms with Crippen molar-refractivity contribution in [2.45, 2.75) is 42.8 Å². The summed E-state index contributed by atoms with van der Waals surface area (Å²) in [5.74, 6) is -3.73. The Bertz CT molecular complexity index is 1280. The number of imidazole rings is 1. The zero-order valence-electron chi connectivity index (χ0n) is 20.0. The lowest BCUT2D eigenvalue weighted by Crippen LogP contribution is -2.46. The van der Waals surface area contributed by atoms with Gasteiger partial charge in [0.25, 0.3) is 0 Å². The van der Waals surface area contributed by atoms with Gasteiger partial charge in [0.2, 0.25) is 5.91 Å². The molecule has 1 N–H and O–H groups in total. The second kappa shape index (κ2) is 11.0. The van der Waals surface area contributed by atoms with Crippen LogP contribution in [0.1, 0.15) is 40.9 Å². The highest BCUT2D eigenvalue weighted by molar-refractivity contribution is 7.98. The Morgan fingerprint density at radius 2 is 1.86 bits per heavy atom. The van der Waals surface area contributed by atoms with Gasteiger partial charge in [-0.2, -0.15) is 13.2 Å². The van der Waals surface area contributed by atoms with E-state index in [9.17, 15) is 26.7 Å². The average Bonchev–Trinajstić information content (AvgIpc) is 3.21. The summed E-state index contributed by atoms with van der Waals surface area (Å²) in [7, 11) is 1.53. The summed E-state index contributed by atoms with van der Waals surface area (Å²) in [4.78, 5) is 19.4. The highest BCUT2D eigenvalue weighted by Crippen LogP contribution is 2.42. The van der Waals surface area contributed by atoms with Gasteiger partial charge in [-0.25, -0.2) is 13.8 Å². The van der Waals surface area contributed by atoms with Crippen LogP contribution in [0.2, 0.25) is 5.15 Å². The molecule has 5 nitrogen and oxygen atoms in total. The molecular formula is C25H24ClF5N4OS. The van der Waals surface area contributed by atoms with Crippen molar-refractivity contribution in [3.05, 3.63) is 81.6 Å². The molecule has 1 unspecified atom stereocenters. The van der Waals surface area contributed by atoms with Gasteiger partial charge in [-0.15, -0.1) is 0 Å². The van der Waals surface area contributed by atoms with Crippen molar-refractivity contribution in [2.24, 2.45) is 0 Å². The van der Waals surface area contributed by atoms with Crippen LogP contribution < -0.4 is 5.32 Å². The summed E-state index contributed by atoms with van der Waals surface area (Å²) < 4.78 is 69.9. The van der Waals surface area contributed by atoms with Crippen LogP contribution >= 0.6 is 23.4 Å². The van der Waals surface area contributed by atoms with Gasteiger partial charge >= 0.3 is 6.18 Å². The lowest BCUT2D eigenvalue weighted by molar-refractivity contribution is -0.140. The number of nitrogens with one attached hydrogen (secondary N) is 1. The summed E-state index contributed by atoms with van der Waals surface area (Å²) in [6.07, 6.45) is -3.09. The number of benzene rings is 2. The fourth-order valence-corrected chi connectivity index (χ4v) is 5.76. The van der Waals surface area contributed by atoms with E-state index in [-0.39, 0.29) is 29.5 Å². The SMILES string of the molecule is CNC(=O)[C@@H](c1ccccc1)N1CCn2c(SC)nc(Cl)c2C1CCc1ccc(C(F)(F)F)c(F)c1F. The summed E-state index contributed by atoms with van der Waals surface area (Å²) in [5.41, 5.74) is -0.496. The first-order valence-electron chi connectivity index (χ1n) is 11.4. The molecule has 0 fully saturated rings. The molecule has 0 saturated heterocycles. The van der Waals surface area contributed by atoms with Crippen LogP contribution in [0.3, 0.4) is 0 Å². The molecule has 1 aromatic heterocycles. The number of fused-ring (bicyclic) bond motifs is 1. The third kappa shape index (κ3) is 5.35. The molecule has 3 aromatic rings. The average molecular weight is 559 g/mol. The molecule has 0 aliphatic carbocycles. The molecule has 2 atom stereocenters. The third-order valence-electron chi connectivity index (χ3n) is 6.50. The van der Waals surface area contributed by atoms with Crippen LogP contribution in [0, 0.1) is 11.6 Å². The zero-order chi connectivity index (χ0) is 26.9. The van der Waals surface area contributed by atoms with Gasteiger partial charge in [-0.05, 0) is 36.3 Å². The number of aromatic nitrogens is 2. The van der Waals surface area contributed by atoms with E-state index < -0.39 is 35.5 Å². The molecule has 1 aliphatic heterocycles. The minimum Gasteiger partial charge on any atom is -0.358 e. The quantitative estimate of drug-likeness (QED) is 0.284. The largest absolute Gasteiger partial charge is 0.419 e. The first kappa shape index (κ1) is 27.4. The molecule has 0 saturated carbocycles. The minimum atomic E-state index is -5.01. The predicted molar refractivity (Wildman–Crippen MR) is 131 cm³/mol. The van der Waals surface area contributed by atoms with E-state index in [1.807, 2.05) is 46.1 Å². The van der Waals surface area contributed by atoms with Crippen LogP contribution in [0.25, 0.3) is 0 Å². The first-order chi connectivity index (χ1) is 17.6. The van der Waals surface area contributed by atoms with Crippen LogP contribution in [-0.4, -0.2) is 40.2 Å². The first-order valence-corrected chi connectivity index (χ1v) is 13.0. The molecule has 0 spiro atoms. The number of hydrogen-bond donors (Lipinski definition) is 1. The van der Waals surface area contributed by atoms with Gasteiger partial charge in [0, 0.05) is 20.1 Å². The van der Waals surface area contributed by atoms with Crippen molar-refractivity contribution in [1.82, 2.24) is 19.8 Å². The van der Waals surface area contributed by atoms with Crippen molar-refractivity contribution in [3.8, 4) is 0 Å². The van der Waals surface area contributed by atoms with Crippen LogP contribution in [0.5, 0.6) is 0 Å². The molecule has 2 heterocycles. The van der Waals surface area contributed by atoms with Gasteiger partial charge in [0.1, 0.15) is 6.04 Å². The Balaban J connectivity index is 1.75. The maximum Gasteiger partial charge on any atom is 0.419 e. The Hall–Kier alpha value is -2.63. The zero-order valence-corrected chi connectivity index (χ0v) is 21.5. The molecule has 1 amide bonds. The molecule has 2 aromatic carbocycles. The molecule has 4 rings (SSSR count). The molecule has 0 bridgehead atoms. The van der Waals surface area contributed by atoms with E-state index in [0.29, 0.717) is 30.0 Å². The van der Waals surface area contributed by atoms with E-state index in [1.54, 1.807) is 0 Å². The Labute approximate surface area is 220 Å². The van der Waals surface area contributed by atoms with Crippen LogP contribution in [-0.2, 0) is 23.9 Å². The number of halogens is 6. The number of carbonyl (C=O) groups is 1. The van der Waals surface area contributed by atoms with Gasteiger partial charge < -0.3 is 9.88 Å². The number of carbonyl (C=O) groups excluding carboxylic acids is 1. The Kier molecular flexibility index (Phi) is 8.15. The monoisotopic (exact) mass is 558 g/mol. The summed E-state index contributed by atoms with van der Waals surface area (Å²) in [6, 6.07) is 9.33. The number of aryl methyl sites for hydroxylation is 1. The van der Waals surface area contributed by atoms with Gasteiger partial charge in [-0.3, -0.25) is 9.69 Å². The normalized spacial score (nSPS) is 16.9. The van der Waals surface area contributed by atoms with Crippen molar-refractivity contribution in [2.75, 3.05) is 19.8 Å². The molecule has 37 heavy (non-hydrogen) atoms. The van der Waals surface area contributed by atoms with Gasteiger partial charge in [-0.1, -0.05) is 59.8 Å². The fourth-order valence-electron chi connectivity index (χ4n) is 4.80. The lowest BCUT2D eigenvalue weighted by Gasteiger charge is -2.41. The predicted octanol–water partition coefficient (Wildman–Crippen LogP) is 6.03. The number of hydrogen-bond acceptors (Lipinski definition) is 4. The maximum absolute atomic E-state index is 14.7. The van der Waals surface area contributed by atoms with Crippen molar-refractivity contribution >= 4 is 29.3 Å². The van der Waals surface area contributed by atoms with E-state index >= 15 is 0 Å². The second-order valence-electron chi connectivity index (χ2n) is 8.54. The Morgan fingerprint density at radius 1 is 1.16 bits per heavy atom. The number of thioether (sulfide) groups is 1. The topological polar surface area (TPSA) is 50.2 Å². The van der Waals surface area contributed by atoms with E-state index in [1.165, 1.54) is 18.8 Å². The lowest BCUT2D eigenvalue weighted by atomic mass is 9.95. The minimum absolute atomic E-state index is 0.0899. The summed E-state index contributed by atoms with van der Waals surface area (Å²) in [5, 5.41) is 3.59. The highest BCUT2D eigenvalue weighted by atomic mass is 35.5. The smallest absolute Gasteiger partial charge is 0.358 e.